The third kappa shape index (κ3) is 6.33. The highest BCUT2D eigenvalue weighted by atomic mass is 16.6. The molecule has 1 amide bonds. The first-order valence-corrected chi connectivity index (χ1v) is 9.38. The van der Waals surface area contributed by atoms with Crippen LogP contribution in [0.15, 0.2) is 21.2 Å². The fraction of sp³-hybridized carbons (Fsp3) is 0.526. The second-order valence-electron chi connectivity index (χ2n) is 7.73. The van der Waals surface area contributed by atoms with Crippen molar-refractivity contribution in [3.8, 4) is 0 Å². The molecule has 30 heavy (non-hydrogen) atoms. The predicted octanol–water partition coefficient (Wildman–Crippen LogP) is 1.48. The number of rotatable bonds is 1. The third-order valence-electron chi connectivity index (χ3n) is 3.90. The lowest BCUT2D eigenvalue weighted by Crippen LogP contribution is -2.45. The molecule has 0 radical (unpaired) electrons. The quantitative estimate of drug-likeness (QED) is 0.531. The molecule has 0 fully saturated rings. The largest absolute Gasteiger partial charge is 0.465 e. The summed E-state index contributed by atoms with van der Waals surface area (Å²) in [5, 5.41) is 10.1. The number of alkyl carbamates (subject to hydrolysis) is 1. The maximum absolute atomic E-state index is 12.6. The van der Waals surface area contributed by atoms with Gasteiger partial charge >= 0.3 is 18.0 Å². The van der Waals surface area contributed by atoms with Crippen LogP contribution in [0.4, 0.5) is 4.79 Å². The molecule has 1 atom stereocenters. The molecule has 0 spiro atoms. The van der Waals surface area contributed by atoms with Gasteiger partial charge in [-0.05, 0) is 20.8 Å². The minimum absolute atomic E-state index is 0.0514. The van der Waals surface area contributed by atoms with Crippen molar-refractivity contribution in [2.75, 3.05) is 6.61 Å². The lowest BCUT2D eigenvalue weighted by molar-refractivity contribution is -0.147. The molecule has 0 saturated heterocycles. The number of hydrogen-bond acceptors (Lipinski definition) is 10. The van der Waals surface area contributed by atoms with Gasteiger partial charge in [0.05, 0.1) is 18.7 Å². The first-order valence-electron chi connectivity index (χ1n) is 9.38. The van der Waals surface area contributed by atoms with E-state index >= 15 is 0 Å². The molecule has 0 aromatic carbocycles. The molecule has 3 rings (SSSR count). The van der Waals surface area contributed by atoms with Crippen LogP contribution in [0, 0.1) is 0 Å². The van der Waals surface area contributed by atoms with Crippen LogP contribution < -0.4 is 5.32 Å². The predicted molar refractivity (Wildman–Crippen MR) is 98.0 cm³/mol. The number of carbonyl (C=O) groups excluding carboxylic acids is 3. The smallest absolute Gasteiger partial charge is 0.408 e. The van der Waals surface area contributed by atoms with Gasteiger partial charge in [-0.15, -0.1) is 0 Å². The van der Waals surface area contributed by atoms with Gasteiger partial charge in [0.2, 0.25) is 0 Å². The number of cyclic esters (lactones) is 2. The van der Waals surface area contributed by atoms with Crippen molar-refractivity contribution >= 4 is 18.0 Å². The van der Waals surface area contributed by atoms with E-state index in [1.54, 1.807) is 26.8 Å². The zero-order valence-electron chi connectivity index (χ0n) is 16.9. The highest BCUT2D eigenvalue weighted by Crippen LogP contribution is 2.13. The van der Waals surface area contributed by atoms with Gasteiger partial charge < -0.3 is 28.6 Å². The Labute approximate surface area is 172 Å². The number of amides is 1. The Bertz CT molecular complexity index is 911. The lowest BCUT2D eigenvalue weighted by Gasteiger charge is -2.22. The Balaban J connectivity index is 1.78. The molecular formula is C19H23N3O8. The van der Waals surface area contributed by atoms with E-state index in [1.807, 2.05) is 0 Å². The average Bonchev–Trinajstić information content (AvgIpc) is 3.26. The van der Waals surface area contributed by atoms with Gasteiger partial charge in [-0.1, -0.05) is 10.3 Å². The second-order valence-corrected chi connectivity index (χ2v) is 7.73. The molecule has 3 heterocycles. The maximum atomic E-state index is 12.6. The van der Waals surface area contributed by atoms with Gasteiger partial charge in [0.25, 0.3) is 0 Å². The van der Waals surface area contributed by atoms with E-state index in [4.69, 9.17) is 23.3 Å². The van der Waals surface area contributed by atoms with Crippen LogP contribution in [0.1, 0.15) is 43.7 Å². The second kappa shape index (κ2) is 8.97. The molecule has 1 N–H and O–H groups in total. The summed E-state index contributed by atoms with van der Waals surface area (Å²) in [4.78, 5) is 36.7. The Morgan fingerprint density at radius 3 is 2.57 bits per heavy atom. The van der Waals surface area contributed by atoms with Crippen LogP contribution in [0.5, 0.6) is 0 Å². The van der Waals surface area contributed by atoms with Gasteiger partial charge in [-0.25, -0.2) is 9.59 Å². The van der Waals surface area contributed by atoms with Crippen molar-refractivity contribution in [3.05, 3.63) is 35.0 Å². The summed E-state index contributed by atoms with van der Waals surface area (Å²) in [5.41, 5.74) is -0.0217. The first-order chi connectivity index (χ1) is 14.2. The fourth-order valence-electron chi connectivity index (χ4n) is 2.63. The van der Waals surface area contributed by atoms with Crippen LogP contribution in [0.3, 0.4) is 0 Å². The number of hydrogen-bond donors (Lipinski definition) is 1. The molecule has 2 aromatic rings. The highest BCUT2D eigenvalue weighted by molar-refractivity contribution is 5.81. The molecule has 0 saturated carbocycles. The van der Waals surface area contributed by atoms with E-state index in [0.717, 1.165) is 0 Å². The Hall–Kier alpha value is -3.37. The van der Waals surface area contributed by atoms with E-state index in [2.05, 4.69) is 15.6 Å². The molecule has 1 aliphatic heterocycles. The van der Waals surface area contributed by atoms with Crippen molar-refractivity contribution < 1.29 is 37.6 Å². The number of nitrogens with one attached hydrogen (secondary N) is 1. The van der Waals surface area contributed by atoms with Gasteiger partial charge in [-0.2, -0.15) is 0 Å². The van der Waals surface area contributed by atoms with E-state index in [-0.39, 0.29) is 31.8 Å². The molecule has 11 nitrogen and oxygen atoms in total. The minimum atomic E-state index is -1.10. The topological polar surface area (TPSA) is 143 Å². The van der Waals surface area contributed by atoms with Gasteiger partial charge in [0, 0.05) is 25.0 Å². The van der Waals surface area contributed by atoms with Gasteiger partial charge in [0.15, 0.2) is 0 Å². The molecule has 162 valence electrons. The number of fused-ring (bicyclic) bond motifs is 4. The number of carbonyl (C=O) groups is 3. The Kier molecular flexibility index (Phi) is 6.38. The summed E-state index contributed by atoms with van der Waals surface area (Å²) in [7, 11) is 0. The van der Waals surface area contributed by atoms with Crippen molar-refractivity contribution in [3.63, 3.8) is 0 Å². The minimum Gasteiger partial charge on any atom is -0.465 e. The zero-order valence-corrected chi connectivity index (χ0v) is 16.9. The number of nitrogens with zero attached hydrogens (tertiary/aromatic N) is 2. The van der Waals surface area contributed by atoms with Crippen LogP contribution >= 0.6 is 0 Å². The van der Waals surface area contributed by atoms with Crippen molar-refractivity contribution in [1.29, 1.82) is 0 Å². The normalized spacial score (nSPS) is 18.3. The van der Waals surface area contributed by atoms with Crippen LogP contribution in [-0.2, 0) is 49.7 Å². The molecule has 2 aromatic heterocycles. The standard InChI is InChI=1S/C19H23N3O8/c1-19(2,3)28-18(25)20-15-9-14-6-11(21-30-14)8-16(23)26-5-4-13-7-12(22-29-13)10-27-17(15)24/h6-7,15H,4-5,8-10H2,1-3H3,(H,20,25)/t15-/m1/s1. The monoisotopic (exact) mass is 421 g/mol. The molecule has 11 heteroatoms. The Morgan fingerprint density at radius 2 is 1.80 bits per heavy atom. The maximum Gasteiger partial charge on any atom is 0.408 e. The summed E-state index contributed by atoms with van der Waals surface area (Å²) in [6.07, 6.45) is -0.616. The van der Waals surface area contributed by atoms with Crippen molar-refractivity contribution in [2.24, 2.45) is 0 Å². The van der Waals surface area contributed by atoms with Gasteiger partial charge in [0.1, 0.15) is 35.5 Å². The average molecular weight is 421 g/mol. The van der Waals surface area contributed by atoms with E-state index < -0.39 is 29.7 Å². The van der Waals surface area contributed by atoms with Crippen molar-refractivity contribution in [1.82, 2.24) is 15.6 Å². The summed E-state index contributed by atoms with van der Waals surface area (Å²) >= 11 is 0. The highest BCUT2D eigenvalue weighted by Gasteiger charge is 2.28. The third-order valence-corrected chi connectivity index (χ3v) is 3.90. The number of ether oxygens (including phenoxy) is 3. The van der Waals surface area contributed by atoms with E-state index in [1.165, 1.54) is 6.07 Å². The summed E-state index contributed by atoms with van der Waals surface area (Å²) in [6.45, 7) is 5.06. The summed E-state index contributed by atoms with van der Waals surface area (Å²) in [5.74, 6) is -0.431. The fourth-order valence-corrected chi connectivity index (χ4v) is 2.63. The zero-order chi connectivity index (χ0) is 21.7. The lowest BCUT2D eigenvalue weighted by atomic mass is 10.1. The molecule has 0 unspecified atom stereocenters. The van der Waals surface area contributed by atoms with Crippen LogP contribution in [-0.4, -0.2) is 46.6 Å². The van der Waals surface area contributed by atoms with Crippen LogP contribution in [0.25, 0.3) is 0 Å². The van der Waals surface area contributed by atoms with Gasteiger partial charge in [-0.3, -0.25) is 4.79 Å². The van der Waals surface area contributed by atoms with Crippen molar-refractivity contribution in [2.45, 2.75) is 58.3 Å². The molecule has 0 aliphatic carbocycles. The SMILES string of the molecule is CC(C)(C)OC(=O)N[C@@H]1Cc2cc(no2)CC(=O)OCCc2cc(no2)COC1=O. The molecule has 4 bridgehead atoms. The van der Waals surface area contributed by atoms with Crippen LogP contribution in [0.2, 0.25) is 0 Å². The Morgan fingerprint density at radius 1 is 1.10 bits per heavy atom. The summed E-state index contributed by atoms with van der Waals surface area (Å²) < 4.78 is 25.9. The van der Waals surface area contributed by atoms with E-state index in [0.29, 0.717) is 23.6 Å². The van der Waals surface area contributed by atoms with E-state index in [9.17, 15) is 14.4 Å². The summed E-state index contributed by atoms with van der Waals surface area (Å²) in [6, 6.07) is 2.01. The molecule has 1 aliphatic rings. The first kappa shape index (κ1) is 21.3. The number of aromatic nitrogens is 2. The molecular weight excluding hydrogens is 398 g/mol. The number of esters is 2.